The summed E-state index contributed by atoms with van der Waals surface area (Å²) in [6, 6.07) is 1.91. The minimum absolute atomic E-state index is 0.201. The summed E-state index contributed by atoms with van der Waals surface area (Å²) >= 11 is 0. The largest absolute Gasteiger partial charge is 0.377 e. The van der Waals surface area contributed by atoms with Crippen LogP contribution in [0.2, 0.25) is 0 Å². The molecule has 2 aliphatic heterocycles. The fourth-order valence-corrected chi connectivity index (χ4v) is 4.93. The highest BCUT2D eigenvalue weighted by Gasteiger charge is 2.59. The lowest BCUT2D eigenvalue weighted by Gasteiger charge is -2.55. The summed E-state index contributed by atoms with van der Waals surface area (Å²) in [7, 11) is 0. The standard InChI is InChI=1S/C18H32N4O/c1-4-19-17(20-12-7-9-22(11-12)13-5-6-13)21-15-14-8-10-23-16(14)18(15,2)3/h12-16H,4-11H2,1-3H3,(H2,19,20,21). The molecule has 2 aliphatic carbocycles. The van der Waals surface area contributed by atoms with Gasteiger partial charge in [0.05, 0.1) is 6.10 Å². The Labute approximate surface area is 140 Å². The van der Waals surface area contributed by atoms with E-state index in [2.05, 4.69) is 36.3 Å². The highest BCUT2D eigenvalue weighted by molar-refractivity contribution is 5.80. The molecule has 23 heavy (non-hydrogen) atoms. The maximum absolute atomic E-state index is 5.91. The topological polar surface area (TPSA) is 48.9 Å². The molecule has 0 amide bonds. The van der Waals surface area contributed by atoms with Crippen molar-refractivity contribution in [1.29, 1.82) is 0 Å². The van der Waals surface area contributed by atoms with Gasteiger partial charge in [-0.05, 0) is 32.6 Å². The molecule has 4 atom stereocenters. The molecule has 2 N–H and O–H groups in total. The number of hydrogen-bond donors (Lipinski definition) is 2. The zero-order valence-corrected chi connectivity index (χ0v) is 14.8. The quantitative estimate of drug-likeness (QED) is 0.610. The Morgan fingerprint density at radius 1 is 1.22 bits per heavy atom. The van der Waals surface area contributed by atoms with Gasteiger partial charge in [0.25, 0.3) is 0 Å². The van der Waals surface area contributed by atoms with Gasteiger partial charge in [0.15, 0.2) is 5.96 Å². The third-order valence-corrected chi connectivity index (χ3v) is 6.33. The predicted octanol–water partition coefficient (Wildman–Crippen LogP) is 1.59. The van der Waals surface area contributed by atoms with E-state index < -0.39 is 0 Å². The number of fused-ring (bicyclic) bond motifs is 1. The Kier molecular flexibility index (Phi) is 4.04. The molecule has 2 heterocycles. The first-order chi connectivity index (χ1) is 11.1. The third kappa shape index (κ3) is 2.86. The number of hydrogen-bond acceptors (Lipinski definition) is 3. The van der Waals surface area contributed by atoms with E-state index in [1.807, 2.05) is 0 Å². The molecule has 5 nitrogen and oxygen atoms in total. The van der Waals surface area contributed by atoms with Gasteiger partial charge in [-0.3, -0.25) is 9.89 Å². The predicted molar refractivity (Wildman–Crippen MR) is 92.7 cm³/mol. The summed E-state index contributed by atoms with van der Waals surface area (Å²) in [5.74, 6) is 1.67. The summed E-state index contributed by atoms with van der Waals surface area (Å²) in [6.45, 7) is 10.9. The van der Waals surface area contributed by atoms with Crippen LogP contribution in [-0.2, 0) is 4.74 Å². The molecule has 0 radical (unpaired) electrons. The van der Waals surface area contributed by atoms with E-state index in [0.29, 0.717) is 24.1 Å². The number of nitrogens with one attached hydrogen (secondary N) is 2. The molecule has 5 heteroatoms. The zero-order chi connectivity index (χ0) is 16.0. The molecule has 4 rings (SSSR count). The van der Waals surface area contributed by atoms with Gasteiger partial charge in [-0.15, -0.1) is 0 Å². The van der Waals surface area contributed by atoms with Crippen LogP contribution in [-0.4, -0.2) is 61.3 Å². The molecule has 2 saturated carbocycles. The molecule has 0 bridgehead atoms. The second kappa shape index (κ2) is 5.92. The normalized spacial score (nSPS) is 39.9. The molecular weight excluding hydrogens is 288 g/mol. The van der Waals surface area contributed by atoms with E-state index in [0.717, 1.165) is 25.2 Å². The van der Waals surface area contributed by atoms with Crippen LogP contribution in [0.3, 0.4) is 0 Å². The van der Waals surface area contributed by atoms with Crippen LogP contribution in [0.1, 0.15) is 46.5 Å². The van der Waals surface area contributed by atoms with Crippen LogP contribution < -0.4 is 10.6 Å². The number of rotatable bonds is 4. The van der Waals surface area contributed by atoms with Crippen molar-refractivity contribution in [2.45, 2.75) is 70.7 Å². The average molecular weight is 320 g/mol. The molecule has 0 spiro atoms. The van der Waals surface area contributed by atoms with Gasteiger partial charge in [0.2, 0.25) is 0 Å². The van der Waals surface area contributed by atoms with Crippen LogP contribution in [0.15, 0.2) is 4.99 Å². The van der Waals surface area contributed by atoms with Crippen LogP contribution >= 0.6 is 0 Å². The molecule has 2 saturated heterocycles. The summed E-state index contributed by atoms with van der Waals surface area (Å²) in [5.41, 5.74) is 0.201. The minimum atomic E-state index is 0.201. The van der Waals surface area contributed by atoms with Crippen molar-refractivity contribution >= 4 is 5.96 Å². The van der Waals surface area contributed by atoms with Gasteiger partial charge in [-0.25, -0.2) is 0 Å². The first kappa shape index (κ1) is 15.7. The second-order valence-electron chi connectivity index (χ2n) is 8.37. The molecule has 0 aromatic carbocycles. The lowest BCUT2D eigenvalue weighted by Crippen LogP contribution is -2.68. The molecule has 4 unspecified atom stereocenters. The van der Waals surface area contributed by atoms with Crippen LogP contribution in [0, 0.1) is 11.3 Å². The fourth-order valence-electron chi connectivity index (χ4n) is 4.93. The average Bonchev–Trinajstić information content (AvgIpc) is 3.09. The van der Waals surface area contributed by atoms with Crippen molar-refractivity contribution in [1.82, 2.24) is 15.5 Å². The van der Waals surface area contributed by atoms with Crippen LogP contribution in [0.25, 0.3) is 0 Å². The first-order valence-electron chi connectivity index (χ1n) is 9.52. The smallest absolute Gasteiger partial charge is 0.191 e. The van der Waals surface area contributed by atoms with Crippen molar-refractivity contribution in [3.63, 3.8) is 0 Å². The summed E-state index contributed by atoms with van der Waals surface area (Å²) in [6.07, 6.45) is 5.66. The maximum atomic E-state index is 5.91. The fraction of sp³-hybridized carbons (Fsp3) is 0.944. The van der Waals surface area contributed by atoms with Gasteiger partial charge >= 0.3 is 0 Å². The van der Waals surface area contributed by atoms with Crippen molar-refractivity contribution in [2.24, 2.45) is 16.3 Å². The molecular formula is C18H32N4O. The minimum Gasteiger partial charge on any atom is -0.377 e. The summed E-state index contributed by atoms with van der Waals surface area (Å²) in [4.78, 5) is 7.36. The van der Waals surface area contributed by atoms with Crippen molar-refractivity contribution in [3.8, 4) is 0 Å². The van der Waals surface area contributed by atoms with Gasteiger partial charge < -0.3 is 15.4 Å². The van der Waals surface area contributed by atoms with E-state index in [1.165, 1.54) is 38.8 Å². The Hall–Kier alpha value is -0.810. The Morgan fingerprint density at radius 2 is 2.04 bits per heavy atom. The van der Waals surface area contributed by atoms with Crippen LogP contribution in [0.5, 0.6) is 0 Å². The van der Waals surface area contributed by atoms with Crippen molar-refractivity contribution in [2.75, 3.05) is 26.2 Å². The number of guanidine groups is 1. The molecule has 4 fully saturated rings. The Bertz CT molecular complexity index is 474. The van der Waals surface area contributed by atoms with E-state index in [9.17, 15) is 0 Å². The van der Waals surface area contributed by atoms with Gasteiger partial charge in [0.1, 0.15) is 0 Å². The summed E-state index contributed by atoms with van der Waals surface area (Å²) in [5, 5.41) is 7.45. The highest BCUT2D eigenvalue weighted by Crippen LogP contribution is 2.52. The second-order valence-corrected chi connectivity index (χ2v) is 8.37. The SMILES string of the molecule is CCN=C(NC1CCN(C2CC2)C1)NC1C2CCOC2C1(C)C. The molecule has 4 aliphatic rings. The third-order valence-electron chi connectivity index (χ3n) is 6.33. The number of nitrogens with zero attached hydrogens (tertiary/aromatic N) is 2. The van der Waals surface area contributed by atoms with E-state index >= 15 is 0 Å². The van der Waals surface area contributed by atoms with Crippen molar-refractivity contribution < 1.29 is 4.74 Å². The van der Waals surface area contributed by atoms with E-state index in [1.54, 1.807) is 0 Å². The lowest BCUT2D eigenvalue weighted by atomic mass is 9.57. The van der Waals surface area contributed by atoms with Gasteiger partial charge in [0, 0.05) is 55.7 Å². The maximum Gasteiger partial charge on any atom is 0.191 e. The molecule has 130 valence electrons. The van der Waals surface area contributed by atoms with Gasteiger partial charge in [-0.2, -0.15) is 0 Å². The van der Waals surface area contributed by atoms with Crippen molar-refractivity contribution in [3.05, 3.63) is 0 Å². The Balaban J connectivity index is 1.36. The molecule has 0 aromatic heterocycles. The number of likely N-dealkylation sites (tertiary alicyclic amines) is 1. The zero-order valence-electron chi connectivity index (χ0n) is 14.8. The number of ether oxygens (including phenoxy) is 1. The van der Waals surface area contributed by atoms with Gasteiger partial charge in [-0.1, -0.05) is 13.8 Å². The highest BCUT2D eigenvalue weighted by atomic mass is 16.5. The van der Waals surface area contributed by atoms with E-state index in [4.69, 9.17) is 9.73 Å². The first-order valence-corrected chi connectivity index (χ1v) is 9.52. The monoisotopic (exact) mass is 320 g/mol. The lowest BCUT2D eigenvalue weighted by molar-refractivity contribution is -0.106. The summed E-state index contributed by atoms with van der Waals surface area (Å²) < 4.78 is 5.91. The van der Waals surface area contributed by atoms with E-state index in [-0.39, 0.29) is 5.41 Å². The van der Waals surface area contributed by atoms with Crippen LogP contribution in [0.4, 0.5) is 0 Å². The Morgan fingerprint density at radius 3 is 2.78 bits per heavy atom. The molecule has 0 aromatic rings. The number of aliphatic imine (C=N–C) groups is 1.